The molecular weight excluding hydrogens is 419 g/mol. The van der Waals surface area contributed by atoms with Gasteiger partial charge in [0.05, 0.1) is 19.0 Å². The Balaban J connectivity index is 0.00000280. The molecule has 5 nitrogen and oxygen atoms in total. The SMILES string of the molecule is C[C@@H](NS(C)(=O)=O)c1ccc(CN2CCOC(c3cccc(Cl)c3)C2)cc1.Cl. The fourth-order valence-electron chi connectivity index (χ4n) is 3.31. The maximum absolute atomic E-state index is 11.4. The molecule has 8 heteroatoms. The van der Waals surface area contributed by atoms with Gasteiger partial charge in [-0.05, 0) is 35.7 Å². The third-order valence-corrected chi connectivity index (χ3v) is 5.66. The molecule has 0 amide bonds. The van der Waals surface area contributed by atoms with Crippen molar-refractivity contribution >= 4 is 34.0 Å². The quantitative estimate of drug-likeness (QED) is 0.732. The summed E-state index contributed by atoms with van der Waals surface area (Å²) >= 11 is 6.10. The molecule has 28 heavy (non-hydrogen) atoms. The molecular formula is C20H26Cl2N2O3S. The fraction of sp³-hybridized carbons (Fsp3) is 0.400. The monoisotopic (exact) mass is 444 g/mol. The van der Waals surface area contributed by atoms with Gasteiger partial charge in [0.2, 0.25) is 10.0 Å². The van der Waals surface area contributed by atoms with Gasteiger partial charge in [0, 0.05) is 30.7 Å². The van der Waals surface area contributed by atoms with Gasteiger partial charge < -0.3 is 4.74 Å². The molecule has 154 valence electrons. The molecule has 2 atom stereocenters. The first kappa shape index (κ1) is 23.1. The Morgan fingerprint density at radius 2 is 1.96 bits per heavy atom. The number of nitrogens with zero attached hydrogens (tertiary/aromatic N) is 1. The molecule has 0 aliphatic carbocycles. The summed E-state index contributed by atoms with van der Waals surface area (Å²) in [6.07, 6.45) is 1.20. The van der Waals surface area contributed by atoms with Crippen molar-refractivity contribution in [2.24, 2.45) is 0 Å². The number of morpholine rings is 1. The second-order valence-corrected chi connectivity index (χ2v) is 9.22. The van der Waals surface area contributed by atoms with Gasteiger partial charge in [-0.1, -0.05) is 48.0 Å². The number of halogens is 2. The second kappa shape index (κ2) is 10.1. The van der Waals surface area contributed by atoms with Crippen LogP contribution in [0.25, 0.3) is 0 Å². The van der Waals surface area contributed by atoms with E-state index in [-0.39, 0.29) is 24.6 Å². The number of nitrogens with one attached hydrogen (secondary N) is 1. The molecule has 2 aromatic rings. The number of ether oxygens (including phenoxy) is 1. The van der Waals surface area contributed by atoms with E-state index in [9.17, 15) is 8.42 Å². The molecule has 1 saturated heterocycles. The summed E-state index contributed by atoms with van der Waals surface area (Å²) in [5, 5.41) is 0.723. The minimum Gasteiger partial charge on any atom is -0.371 e. The zero-order chi connectivity index (χ0) is 19.4. The molecule has 1 unspecified atom stereocenters. The average Bonchev–Trinajstić information content (AvgIpc) is 2.61. The molecule has 0 aromatic heterocycles. The van der Waals surface area contributed by atoms with E-state index in [1.54, 1.807) is 0 Å². The van der Waals surface area contributed by atoms with E-state index in [4.69, 9.17) is 16.3 Å². The summed E-state index contributed by atoms with van der Waals surface area (Å²) in [6, 6.07) is 15.6. The van der Waals surface area contributed by atoms with Crippen LogP contribution in [0, 0.1) is 0 Å². The van der Waals surface area contributed by atoms with Crippen LogP contribution in [-0.2, 0) is 21.3 Å². The van der Waals surface area contributed by atoms with Crippen LogP contribution in [0.3, 0.4) is 0 Å². The van der Waals surface area contributed by atoms with Crippen LogP contribution < -0.4 is 4.72 Å². The lowest BCUT2D eigenvalue weighted by atomic mass is 10.1. The van der Waals surface area contributed by atoms with Crippen LogP contribution in [0.15, 0.2) is 48.5 Å². The standard InChI is InChI=1S/C20H25ClN2O3S.ClH/c1-15(22-27(2,24)25)17-8-6-16(7-9-17)13-23-10-11-26-20(14-23)18-4-3-5-19(21)12-18;/h3-9,12,15,20,22H,10-11,13-14H2,1-2H3;1H/t15-,20?;/m1./s1. The van der Waals surface area contributed by atoms with Crippen molar-refractivity contribution in [3.05, 3.63) is 70.2 Å². The van der Waals surface area contributed by atoms with E-state index < -0.39 is 10.0 Å². The maximum Gasteiger partial charge on any atom is 0.209 e. The van der Waals surface area contributed by atoms with E-state index in [1.807, 2.05) is 43.3 Å². The molecule has 1 heterocycles. The van der Waals surface area contributed by atoms with E-state index in [2.05, 4.69) is 21.8 Å². The molecule has 1 fully saturated rings. The first-order valence-electron chi connectivity index (χ1n) is 8.96. The van der Waals surface area contributed by atoms with E-state index >= 15 is 0 Å². The summed E-state index contributed by atoms with van der Waals surface area (Å²) in [6.45, 7) is 5.05. The summed E-state index contributed by atoms with van der Waals surface area (Å²) < 4.78 is 31.3. The minimum atomic E-state index is -3.22. The molecule has 1 aliphatic rings. The van der Waals surface area contributed by atoms with Crippen molar-refractivity contribution in [2.45, 2.75) is 25.6 Å². The highest BCUT2D eigenvalue weighted by atomic mass is 35.5. The van der Waals surface area contributed by atoms with Gasteiger partial charge in [0.25, 0.3) is 0 Å². The van der Waals surface area contributed by atoms with Crippen molar-refractivity contribution in [3.8, 4) is 0 Å². The smallest absolute Gasteiger partial charge is 0.209 e. The van der Waals surface area contributed by atoms with Crippen LogP contribution in [0.4, 0.5) is 0 Å². The third-order valence-electron chi connectivity index (χ3n) is 4.65. The molecule has 0 saturated carbocycles. The third kappa shape index (κ3) is 6.72. The molecule has 0 radical (unpaired) electrons. The van der Waals surface area contributed by atoms with Crippen LogP contribution >= 0.6 is 24.0 Å². The number of benzene rings is 2. The van der Waals surface area contributed by atoms with Gasteiger partial charge in [-0.2, -0.15) is 0 Å². The van der Waals surface area contributed by atoms with E-state index in [1.165, 1.54) is 11.8 Å². The van der Waals surface area contributed by atoms with Crippen LogP contribution in [0.2, 0.25) is 5.02 Å². The van der Waals surface area contributed by atoms with Crippen molar-refractivity contribution in [1.29, 1.82) is 0 Å². The Hall–Kier alpha value is -1.15. The van der Waals surface area contributed by atoms with Gasteiger partial charge in [-0.15, -0.1) is 12.4 Å². The lowest BCUT2D eigenvalue weighted by Crippen LogP contribution is -2.37. The molecule has 0 bridgehead atoms. The number of rotatable bonds is 6. The largest absolute Gasteiger partial charge is 0.371 e. The Bertz CT molecular complexity index is 875. The van der Waals surface area contributed by atoms with Crippen molar-refractivity contribution in [1.82, 2.24) is 9.62 Å². The molecule has 2 aromatic carbocycles. The van der Waals surface area contributed by atoms with Gasteiger partial charge in [0.15, 0.2) is 0 Å². The van der Waals surface area contributed by atoms with Crippen molar-refractivity contribution < 1.29 is 13.2 Å². The van der Waals surface area contributed by atoms with Crippen LogP contribution in [0.5, 0.6) is 0 Å². The first-order chi connectivity index (χ1) is 12.8. The fourth-order valence-corrected chi connectivity index (χ4v) is 4.29. The minimum absolute atomic E-state index is 0. The topological polar surface area (TPSA) is 58.6 Å². The van der Waals surface area contributed by atoms with Gasteiger partial charge in [0.1, 0.15) is 0 Å². The van der Waals surface area contributed by atoms with Gasteiger partial charge >= 0.3 is 0 Å². The van der Waals surface area contributed by atoms with Gasteiger partial charge in [-0.25, -0.2) is 13.1 Å². The number of hydrogen-bond acceptors (Lipinski definition) is 4. The van der Waals surface area contributed by atoms with Crippen molar-refractivity contribution in [2.75, 3.05) is 26.0 Å². The summed E-state index contributed by atoms with van der Waals surface area (Å²) in [5.74, 6) is 0. The van der Waals surface area contributed by atoms with E-state index in [0.29, 0.717) is 6.61 Å². The Kier molecular flexibility index (Phi) is 8.30. The number of hydrogen-bond donors (Lipinski definition) is 1. The Morgan fingerprint density at radius 1 is 1.25 bits per heavy atom. The van der Waals surface area contributed by atoms with Crippen molar-refractivity contribution in [3.63, 3.8) is 0 Å². The normalized spacial score (nSPS) is 19.0. The maximum atomic E-state index is 11.4. The molecule has 1 aliphatic heterocycles. The first-order valence-corrected chi connectivity index (χ1v) is 11.2. The highest BCUT2D eigenvalue weighted by molar-refractivity contribution is 7.88. The van der Waals surface area contributed by atoms with Gasteiger partial charge in [-0.3, -0.25) is 4.90 Å². The lowest BCUT2D eigenvalue weighted by Gasteiger charge is -2.33. The highest BCUT2D eigenvalue weighted by Gasteiger charge is 2.22. The summed E-state index contributed by atoms with van der Waals surface area (Å²) in [4.78, 5) is 2.36. The Labute approximate surface area is 178 Å². The number of sulfonamides is 1. The lowest BCUT2D eigenvalue weighted by molar-refractivity contribution is -0.0329. The van der Waals surface area contributed by atoms with Crippen LogP contribution in [0.1, 0.15) is 35.8 Å². The highest BCUT2D eigenvalue weighted by Crippen LogP contribution is 2.25. The molecule has 1 N–H and O–H groups in total. The molecule has 0 spiro atoms. The van der Waals surface area contributed by atoms with E-state index in [0.717, 1.165) is 35.8 Å². The predicted molar refractivity (Wildman–Crippen MR) is 116 cm³/mol. The summed E-state index contributed by atoms with van der Waals surface area (Å²) in [7, 11) is -3.22. The predicted octanol–water partition coefficient (Wildman–Crippen LogP) is 3.95. The Morgan fingerprint density at radius 3 is 2.61 bits per heavy atom. The zero-order valence-corrected chi connectivity index (χ0v) is 18.4. The zero-order valence-electron chi connectivity index (χ0n) is 16.0. The van der Waals surface area contributed by atoms with Crippen LogP contribution in [-0.4, -0.2) is 39.3 Å². The second-order valence-electron chi connectivity index (χ2n) is 7.00. The average molecular weight is 445 g/mol. The summed E-state index contributed by atoms with van der Waals surface area (Å²) in [5.41, 5.74) is 3.24. The molecule has 3 rings (SSSR count).